The van der Waals surface area contributed by atoms with Gasteiger partial charge < -0.3 is 11.1 Å². The first-order valence-electron chi connectivity index (χ1n) is 5.16. The summed E-state index contributed by atoms with van der Waals surface area (Å²) < 4.78 is 0. The molecule has 0 fully saturated rings. The van der Waals surface area contributed by atoms with Crippen LogP contribution in [0.25, 0.3) is 0 Å². The number of nitrogens with two attached hydrogens (primary N) is 1. The second-order valence-corrected chi connectivity index (χ2v) is 4.04. The number of nitrogens with one attached hydrogen (secondary N) is 1. The van der Waals surface area contributed by atoms with Crippen molar-refractivity contribution < 1.29 is 4.79 Å². The molecule has 1 atom stereocenters. The largest absolute Gasteiger partial charge is 0.354 e. The maximum atomic E-state index is 11.3. The number of carbonyl (C=O) groups excluding carboxylic acids is 1. The molecule has 0 saturated carbocycles. The third-order valence-electron chi connectivity index (χ3n) is 2.52. The Kier molecular flexibility index (Phi) is 6.49. The van der Waals surface area contributed by atoms with Crippen LogP contribution in [0.1, 0.15) is 20.8 Å². The van der Waals surface area contributed by atoms with Crippen molar-refractivity contribution in [1.82, 2.24) is 10.2 Å². The van der Waals surface area contributed by atoms with E-state index in [1.807, 2.05) is 7.05 Å². The summed E-state index contributed by atoms with van der Waals surface area (Å²) in [7, 11) is 1.96. The molecule has 0 saturated heterocycles. The Balaban J connectivity index is 3.81. The summed E-state index contributed by atoms with van der Waals surface area (Å²) in [5, 5.41) is 2.75. The summed E-state index contributed by atoms with van der Waals surface area (Å²) >= 11 is 0. The van der Waals surface area contributed by atoms with Gasteiger partial charge in [0.2, 0.25) is 5.91 Å². The number of carbonyl (C=O) groups is 1. The van der Waals surface area contributed by atoms with E-state index in [0.717, 1.165) is 0 Å². The molecule has 0 aromatic carbocycles. The molecule has 0 aromatic heterocycles. The molecule has 0 aliphatic carbocycles. The van der Waals surface area contributed by atoms with E-state index in [-0.39, 0.29) is 5.91 Å². The van der Waals surface area contributed by atoms with Gasteiger partial charge in [0.25, 0.3) is 0 Å². The number of hydrogen-bond acceptors (Lipinski definition) is 3. The highest BCUT2D eigenvalue weighted by Crippen LogP contribution is 2.06. The zero-order valence-corrected chi connectivity index (χ0v) is 9.71. The lowest BCUT2D eigenvalue weighted by molar-refractivity contribution is -0.122. The van der Waals surface area contributed by atoms with Crippen LogP contribution in [0.4, 0.5) is 0 Å². The number of nitrogens with zero attached hydrogens (tertiary/aromatic N) is 1. The molecule has 1 unspecified atom stereocenters. The van der Waals surface area contributed by atoms with Crippen molar-refractivity contribution in [1.29, 1.82) is 0 Å². The SMILES string of the molecule is CC(C)C(C)N(C)CC(=O)NCCN. The van der Waals surface area contributed by atoms with Crippen molar-refractivity contribution >= 4 is 5.91 Å². The molecule has 0 aliphatic heterocycles. The van der Waals surface area contributed by atoms with Crippen molar-refractivity contribution in [3.05, 3.63) is 0 Å². The van der Waals surface area contributed by atoms with E-state index in [9.17, 15) is 4.79 Å². The molecular formula is C10H23N3O. The lowest BCUT2D eigenvalue weighted by Crippen LogP contribution is -2.42. The van der Waals surface area contributed by atoms with Gasteiger partial charge in [-0.15, -0.1) is 0 Å². The lowest BCUT2D eigenvalue weighted by atomic mass is 10.1. The Hall–Kier alpha value is -0.610. The summed E-state index contributed by atoms with van der Waals surface area (Å²) in [5.74, 6) is 0.604. The van der Waals surface area contributed by atoms with Crippen molar-refractivity contribution in [2.24, 2.45) is 11.7 Å². The molecule has 0 radical (unpaired) electrons. The predicted molar refractivity (Wildman–Crippen MR) is 59.0 cm³/mol. The van der Waals surface area contributed by atoms with Gasteiger partial charge in [0.15, 0.2) is 0 Å². The molecule has 0 aliphatic rings. The standard InChI is InChI=1S/C10H23N3O/c1-8(2)9(3)13(4)7-10(14)12-6-5-11/h8-9H,5-7,11H2,1-4H3,(H,12,14). The fourth-order valence-electron chi connectivity index (χ4n) is 1.15. The van der Waals surface area contributed by atoms with Gasteiger partial charge in [-0.25, -0.2) is 0 Å². The minimum atomic E-state index is 0.0467. The highest BCUT2D eigenvalue weighted by atomic mass is 16.2. The Bertz CT molecular complexity index is 171. The van der Waals surface area contributed by atoms with Crippen LogP contribution in [0.15, 0.2) is 0 Å². The summed E-state index contributed by atoms with van der Waals surface area (Å²) in [6, 6.07) is 0.415. The lowest BCUT2D eigenvalue weighted by Gasteiger charge is -2.27. The van der Waals surface area contributed by atoms with Gasteiger partial charge >= 0.3 is 0 Å². The molecular weight excluding hydrogens is 178 g/mol. The van der Waals surface area contributed by atoms with Crippen LogP contribution < -0.4 is 11.1 Å². The Morgan fingerprint density at radius 2 is 2.00 bits per heavy atom. The van der Waals surface area contributed by atoms with Gasteiger partial charge in [-0.2, -0.15) is 0 Å². The van der Waals surface area contributed by atoms with E-state index in [2.05, 4.69) is 31.0 Å². The molecule has 4 heteroatoms. The minimum absolute atomic E-state index is 0.0467. The van der Waals surface area contributed by atoms with E-state index in [1.54, 1.807) is 0 Å². The van der Waals surface area contributed by atoms with Crippen molar-refractivity contribution in [2.45, 2.75) is 26.8 Å². The van der Waals surface area contributed by atoms with Gasteiger partial charge in [-0.05, 0) is 19.9 Å². The molecule has 0 aromatic rings. The fraction of sp³-hybridized carbons (Fsp3) is 0.900. The summed E-state index contributed by atoms with van der Waals surface area (Å²) in [6.07, 6.45) is 0. The Labute approximate surface area is 86.8 Å². The first-order chi connectivity index (χ1) is 6.49. The van der Waals surface area contributed by atoms with E-state index in [4.69, 9.17) is 5.73 Å². The summed E-state index contributed by atoms with van der Waals surface area (Å²) in [6.45, 7) is 7.93. The average molecular weight is 201 g/mol. The first kappa shape index (κ1) is 13.4. The van der Waals surface area contributed by atoms with E-state index in [0.29, 0.717) is 31.6 Å². The summed E-state index contributed by atoms with van der Waals surface area (Å²) in [5.41, 5.74) is 5.29. The topological polar surface area (TPSA) is 58.4 Å². The van der Waals surface area contributed by atoms with E-state index in [1.165, 1.54) is 0 Å². The summed E-state index contributed by atoms with van der Waals surface area (Å²) in [4.78, 5) is 13.4. The van der Waals surface area contributed by atoms with Crippen LogP contribution in [0, 0.1) is 5.92 Å². The van der Waals surface area contributed by atoms with Gasteiger partial charge in [0.1, 0.15) is 0 Å². The zero-order chi connectivity index (χ0) is 11.1. The van der Waals surface area contributed by atoms with Crippen LogP contribution in [0.5, 0.6) is 0 Å². The monoisotopic (exact) mass is 201 g/mol. The molecule has 4 nitrogen and oxygen atoms in total. The maximum absolute atomic E-state index is 11.3. The third-order valence-corrected chi connectivity index (χ3v) is 2.52. The highest BCUT2D eigenvalue weighted by molar-refractivity contribution is 5.77. The predicted octanol–water partition coefficient (Wildman–Crippen LogP) is 0.0376. The maximum Gasteiger partial charge on any atom is 0.234 e. The minimum Gasteiger partial charge on any atom is -0.354 e. The van der Waals surface area contributed by atoms with Crippen molar-refractivity contribution in [3.63, 3.8) is 0 Å². The number of hydrogen-bond donors (Lipinski definition) is 2. The zero-order valence-electron chi connectivity index (χ0n) is 9.71. The van der Waals surface area contributed by atoms with Gasteiger partial charge in [0.05, 0.1) is 6.54 Å². The van der Waals surface area contributed by atoms with Gasteiger partial charge in [0, 0.05) is 19.1 Å². The molecule has 1 amide bonds. The van der Waals surface area contributed by atoms with Gasteiger partial charge in [-0.3, -0.25) is 9.69 Å². The quantitative estimate of drug-likeness (QED) is 0.638. The Morgan fingerprint density at radius 1 is 1.43 bits per heavy atom. The fourth-order valence-corrected chi connectivity index (χ4v) is 1.15. The van der Waals surface area contributed by atoms with Crippen LogP contribution in [0.3, 0.4) is 0 Å². The molecule has 0 spiro atoms. The van der Waals surface area contributed by atoms with Crippen LogP contribution in [-0.4, -0.2) is 43.5 Å². The molecule has 84 valence electrons. The normalized spacial score (nSPS) is 13.4. The number of likely N-dealkylation sites (N-methyl/N-ethyl adjacent to an activating group) is 1. The van der Waals surface area contributed by atoms with E-state index < -0.39 is 0 Å². The average Bonchev–Trinajstić information content (AvgIpc) is 2.13. The second kappa shape index (κ2) is 6.79. The van der Waals surface area contributed by atoms with Crippen molar-refractivity contribution in [2.75, 3.05) is 26.7 Å². The molecule has 14 heavy (non-hydrogen) atoms. The number of amides is 1. The first-order valence-corrected chi connectivity index (χ1v) is 5.16. The van der Waals surface area contributed by atoms with Gasteiger partial charge in [-0.1, -0.05) is 13.8 Å². The van der Waals surface area contributed by atoms with Crippen LogP contribution in [-0.2, 0) is 4.79 Å². The molecule has 0 heterocycles. The number of rotatable bonds is 6. The smallest absolute Gasteiger partial charge is 0.234 e. The molecule has 0 bridgehead atoms. The van der Waals surface area contributed by atoms with Crippen molar-refractivity contribution in [3.8, 4) is 0 Å². The molecule has 0 rings (SSSR count). The Morgan fingerprint density at radius 3 is 2.43 bits per heavy atom. The van der Waals surface area contributed by atoms with E-state index >= 15 is 0 Å². The second-order valence-electron chi connectivity index (χ2n) is 4.04. The van der Waals surface area contributed by atoms with Crippen LogP contribution in [0.2, 0.25) is 0 Å². The third kappa shape index (κ3) is 5.19. The highest BCUT2D eigenvalue weighted by Gasteiger charge is 2.15. The van der Waals surface area contributed by atoms with Crippen LogP contribution >= 0.6 is 0 Å². The molecule has 3 N–H and O–H groups in total.